The molecule has 0 aromatic rings. The molecule has 85 heavy (non-hydrogen) atoms. The van der Waals surface area contributed by atoms with Crippen LogP contribution in [0.4, 0.5) is 0 Å². The SMILES string of the molecule is CCCCCCCCCCCCCCC(=O)OC[C@H](COP(=O)(O)OC[C@@H](O)COP(=O)(O)OC[C@@H](COC(=O)CCCCCCCCCCC)OC(=O)CCCCCCCCCCCCCC)OC(=O)CCCCCCCCCCCC(C)C. The first-order valence-corrected chi connectivity index (χ1v) is 37.6. The molecule has 0 rings (SSSR count). The van der Waals surface area contributed by atoms with Gasteiger partial charge in [0.2, 0.25) is 0 Å². The number of phosphoric acid groups is 2. The van der Waals surface area contributed by atoms with Gasteiger partial charge >= 0.3 is 39.5 Å². The molecular weight excluding hydrogens is 1130 g/mol. The van der Waals surface area contributed by atoms with Crippen LogP contribution in [-0.4, -0.2) is 96.7 Å². The molecule has 0 radical (unpaired) electrons. The monoisotopic (exact) mass is 1250 g/mol. The number of aliphatic hydroxyl groups excluding tert-OH is 1. The molecule has 2 unspecified atom stereocenters. The summed E-state index contributed by atoms with van der Waals surface area (Å²) in [6.07, 6.45) is 44.3. The Balaban J connectivity index is 5.24. The highest BCUT2D eigenvalue weighted by atomic mass is 31.2. The maximum Gasteiger partial charge on any atom is 0.472 e. The molecule has 3 N–H and O–H groups in total. The first-order chi connectivity index (χ1) is 41.0. The minimum atomic E-state index is -4.95. The van der Waals surface area contributed by atoms with Gasteiger partial charge < -0.3 is 33.8 Å². The van der Waals surface area contributed by atoms with Gasteiger partial charge in [0, 0.05) is 25.7 Å². The topological polar surface area (TPSA) is 237 Å². The second-order valence-corrected chi connectivity index (χ2v) is 27.2. The number of rotatable bonds is 66. The average molecular weight is 1260 g/mol. The standard InChI is InChI=1S/C66H128O17P2/c1-6-9-12-15-18-21-23-25-30-35-40-45-50-64(69)77-56-62(83-66(71)52-47-42-37-32-27-29-33-38-43-48-59(4)5)58-81-85(74,75)79-54-60(67)53-78-84(72,73)80-57-61(55-76-63(68)49-44-39-34-28-20-17-14-11-8-3)82-65(70)51-46-41-36-31-26-24-22-19-16-13-10-7-2/h59-62,67H,6-58H2,1-5H3,(H,72,73)(H,74,75)/t60-,61+,62+/m0/s1. The second kappa shape index (κ2) is 59.7. The van der Waals surface area contributed by atoms with Crippen molar-refractivity contribution >= 4 is 39.5 Å². The highest BCUT2D eigenvalue weighted by molar-refractivity contribution is 7.47. The van der Waals surface area contributed by atoms with Crippen molar-refractivity contribution in [1.29, 1.82) is 0 Å². The summed E-state index contributed by atoms with van der Waals surface area (Å²) in [5, 5.41) is 10.5. The Bertz CT molecular complexity index is 1650. The lowest BCUT2D eigenvalue weighted by Crippen LogP contribution is -2.30. The zero-order chi connectivity index (χ0) is 62.8. The number of hydrogen-bond acceptors (Lipinski definition) is 15. The quantitative estimate of drug-likeness (QED) is 0.0222. The van der Waals surface area contributed by atoms with Gasteiger partial charge in [0.05, 0.1) is 26.4 Å². The van der Waals surface area contributed by atoms with Crippen LogP contribution in [0.2, 0.25) is 0 Å². The molecular formula is C66H128O17P2. The van der Waals surface area contributed by atoms with Gasteiger partial charge in [0.25, 0.3) is 0 Å². The van der Waals surface area contributed by atoms with Crippen LogP contribution >= 0.6 is 15.6 Å². The molecule has 0 aliphatic heterocycles. The fourth-order valence-corrected chi connectivity index (χ4v) is 11.5. The van der Waals surface area contributed by atoms with Crippen LogP contribution in [0, 0.1) is 5.92 Å². The second-order valence-electron chi connectivity index (χ2n) is 24.3. The Morgan fingerprint density at radius 3 is 0.800 bits per heavy atom. The molecule has 0 aliphatic rings. The van der Waals surface area contributed by atoms with Gasteiger partial charge in [-0.1, -0.05) is 285 Å². The molecule has 504 valence electrons. The summed E-state index contributed by atoms with van der Waals surface area (Å²) >= 11 is 0. The number of unbranched alkanes of at least 4 members (excludes halogenated alkanes) is 38. The van der Waals surface area contributed by atoms with E-state index in [2.05, 4.69) is 34.6 Å². The largest absolute Gasteiger partial charge is 0.472 e. The van der Waals surface area contributed by atoms with Gasteiger partial charge in [0.1, 0.15) is 19.3 Å². The van der Waals surface area contributed by atoms with Crippen molar-refractivity contribution in [3.8, 4) is 0 Å². The van der Waals surface area contributed by atoms with Crippen molar-refractivity contribution < 1.29 is 80.2 Å². The van der Waals surface area contributed by atoms with Crippen LogP contribution in [0.1, 0.15) is 336 Å². The van der Waals surface area contributed by atoms with E-state index in [4.69, 9.17) is 37.0 Å². The molecule has 0 aliphatic carbocycles. The number of carbonyl (C=O) groups is 4. The van der Waals surface area contributed by atoms with Crippen molar-refractivity contribution in [3.05, 3.63) is 0 Å². The lowest BCUT2D eigenvalue weighted by Gasteiger charge is -2.21. The molecule has 0 saturated carbocycles. The normalized spacial score (nSPS) is 14.2. The lowest BCUT2D eigenvalue weighted by molar-refractivity contribution is -0.161. The van der Waals surface area contributed by atoms with Crippen LogP contribution in [0.5, 0.6) is 0 Å². The Morgan fingerprint density at radius 2 is 0.541 bits per heavy atom. The summed E-state index contributed by atoms with van der Waals surface area (Å²) in [4.78, 5) is 72.3. The maximum absolute atomic E-state index is 13.0. The molecule has 17 nitrogen and oxygen atoms in total. The van der Waals surface area contributed by atoms with Gasteiger partial charge in [-0.05, 0) is 31.6 Å². The van der Waals surface area contributed by atoms with Crippen molar-refractivity contribution in [2.24, 2.45) is 5.92 Å². The number of hydrogen-bond donors (Lipinski definition) is 3. The summed E-state index contributed by atoms with van der Waals surface area (Å²) in [6.45, 7) is 7.18. The summed E-state index contributed by atoms with van der Waals surface area (Å²) in [6, 6.07) is 0. The number of carbonyl (C=O) groups excluding carboxylic acids is 4. The van der Waals surface area contributed by atoms with E-state index in [1.54, 1.807) is 0 Å². The van der Waals surface area contributed by atoms with E-state index in [9.17, 15) is 43.2 Å². The van der Waals surface area contributed by atoms with E-state index in [0.717, 1.165) is 95.8 Å². The Hall–Kier alpha value is -1.94. The Morgan fingerprint density at radius 1 is 0.318 bits per heavy atom. The first-order valence-electron chi connectivity index (χ1n) is 34.6. The highest BCUT2D eigenvalue weighted by Crippen LogP contribution is 2.45. The van der Waals surface area contributed by atoms with E-state index in [1.807, 2.05) is 0 Å². The first kappa shape index (κ1) is 83.1. The van der Waals surface area contributed by atoms with Crippen molar-refractivity contribution in [2.75, 3.05) is 39.6 Å². The van der Waals surface area contributed by atoms with E-state index in [1.165, 1.54) is 161 Å². The van der Waals surface area contributed by atoms with Crippen LogP contribution in [-0.2, 0) is 65.4 Å². The molecule has 5 atom stereocenters. The number of esters is 4. The van der Waals surface area contributed by atoms with Crippen molar-refractivity contribution in [3.63, 3.8) is 0 Å². The number of phosphoric ester groups is 2. The van der Waals surface area contributed by atoms with E-state index in [0.29, 0.717) is 25.7 Å². The zero-order valence-corrected chi connectivity index (χ0v) is 56.5. The highest BCUT2D eigenvalue weighted by Gasteiger charge is 2.30. The molecule has 0 aromatic heterocycles. The molecule has 0 heterocycles. The van der Waals surface area contributed by atoms with Gasteiger partial charge in [-0.15, -0.1) is 0 Å². The molecule has 19 heteroatoms. The summed E-state index contributed by atoms with van der Waals surface area (Å²) in [5.41, 5.74) is 0. The van der Waals surface area contributed by atoms with E-state index in [-0.39, 0.29) is 25.7 Å². The fraction of sp³-hybridized carbons (Fsp3) is 0.939. The molecule has 0 fully saturated rings. The minimum Gasteiger partial charge on any atom is -0.462 e. The third kappa shape index (κ3) is 60.7. The van der Waals surface area contributed by atoms with Gasteiger partial charge in [-0.2, -0.15) is 0 Å². The van der Waals surface area contributed by atoms with Crippen LogP contribution in [0.15, 0.2) is 0 Å². The molecule has 0 aromatic carbocycles. The molecule has 0 spiro atoms. The Labute approximate surface area is 517 Å². The lowest BCUT2D eigenvalue weighted by atomic mass is 10.0. The smallest absolute Gasteiger partial charge is 0.462 e. The zero-order valence-electron chi connectivity index (χ0n) is 54.7. The number of ether oxygens (including phenoxy) is 4. The summed E-state index contributed by atoms with van der Waals surface area (Å²) < 4.78 is 68.1. The van der Waals surface area contributed by atoms with Crippen LogP contribution in [0.25, 0.3) is 0 Å². The Kier molecular flexibility index (Phi) is 58.3. The molecule has 0 bridgehead atoms. The third-order valence-corrected chi connectivity index (χ3v) is 17.2. The van der Waals surface area contributed by atoms with Crippen molar-refractivity contribution in [2.45, 2.75) is 355 Å². The summed E-state index contributed by atoms with van der Waals surface area (Å²) in [5.74, 6) is -1.39. The fourth-order valence-electron chi connectivity index (χ4n) is 9.94. The van der Waals surface area contributed by atoms with Crippen molar-refractivity contribution in [1.82, 2.24) is 0 Å². The van der Waals surface area contributed by atoms with E-state index < -0.39 is 97.5 Å². The average Bonchev–Trinajstić information content (AvgIpc) is 3.63. The predicted octanol–water partition coefficient (Wildman–Crippen LogP) is 18.6. The van der Waals surface area contributed by atoms with Gasteiger partial charge in [-0.3, -0.25) is 37.3 Å². The van der Waals surface area contributed by atoms with E-state index >= 15 is 0 Å². The minimum absolute atomic E-state index is 0.106. The maximum atomic E-state index is 13.0. The molecule has 0 amide bonds. The molecule has 0 saturated heterocycles. The predicted molar refractivity (Wildman–Crippen MR) is 340 cm³/mol. The summed E-state index contributed by atoms with van der Waals surface area (Å²) in [7, 11) is -9.89. The van der Waals surface area contributed by atoms with Crippen LogP contribution < -0.4 is 0 Å². The third-order valence-electron chi connectivity index (χ3n) is 15.3. The number of aliphatic hydroxyl groups is 1. The van der Waals surface area contributed by atoms with Gasteiger partial charge in [-0.25, -0.2) is 9.13 Å². The van der Waals surface area contributed by atoms with Crippen LogP contribution in [0.3, 0.4) is 0 Å². The van der Waals surface area contributed by atoms with Gasteiger partial charge in [0.15, 0.2) is 12.2 Å².